The van der Waals surface area contributed by atoms with E-state index in [0.717, 1.165) is 17.9 Å². The van der Waals surface area contributed by atoms with Crippen LogP contribution in [0.15, 0.2) is 24.5 Å². The van der Waals surface area contributed by atoms with E-state index >= 15 is 0 Å². The van der Waals surface area contributed by atoms with Crippen LogP contribution in [0.1, 0.15) is 17.7 Å². The Bertz CT molecular complexity index is 524. The molecule has 5 heteroatoms. The quantitative estimate of drug-likeness (QED) is 0.776. The molecular weight excluding hydrogens is 242 g/mol. The molecule has 0 unspecified atom stereocenters. The zero-order valence-electron chi connectivity index (χ0n) is 11.3. The summed E-state index contributed by atoms with van der Waals surface area (Å²) >= 11 is 0. The summed E-state index contributed by atoms with van der Waals surface area (Å²) in [6, 6.07) is 4.05. The highest BCUT2D eigenvalue weighted by atomic mass is 16.3. The van der Waals surface area contributed by atoms with E-state index in [4.69, 9.17) is 10.2 Å². The van der Waals surface area contributed by atoms with Crippen LogP contribution >= 0.6 is 0 Å². The van der Waals surface area contributed by atoms with Crippen molar-refractivity contribution in [2.45, 2.75) is 19.9 Å². The van der Waals surface area contributed by atoms with Gasteiger partial charge in [-0.25, -0.2) is 4.98 Å². The fourth-order valence-electron chi connectivity index (χ4n) is 2.17. The molecule has 0 aromatic carbocycles. The van der Waals surface area contributed by atoms with E-state index in [0.29, 0.717) is 19.5 Å². The van der Waals surface area contributed by atoms with Crippen molar-refractivity contribution in [2.24, 2.45) is 0 Å². The number of fused-ring (bicyclic) bond motifs is 1. The molecule has 19 heavy (non-hydrogen) atoms. The molecule has 0 bridgehead atoms. The van der Waals surface area contributed by atoms with E-state index in [1.165, 1.54) is 5.56 Å². The highest BCUT2D eigenvalue weighted by molar-refractivity contribution is 5.41. The van der Waals surface area contributed by atoms with E-state index in [1.54, 1.807) is 0 Å². The minimum absolute atomic E-state index is 0.123. The monoisotopic (exact) mass is 263 g/mol. The summed E-state index contributed by atoms with van der Waals surface area (Å²) < 4.78 is 2.02. The van der Waals surface area contributed by atoms with Crippen LogP contribution in [0.4, 0.5) is 0 Å². The summed E-state index contributed by atoms with van der Waals surface area (Å²) in [7, 11) is 0. The zero-order chi connectivity index (χ0) is 13.7. The fourth-order valence-corrected chi connectivity index (χ4v) is 2.17. The van der Waals surface area contributed by atoms with Crippen LogP contribution in [0.3, 0.4) is 0 Å². The van der Waals surface area contributed by atoms with Crippen molar-refractivity contribution in [1.82, 2.24) is 14.3 Å². The molecule has 2 rings (SSSR count). The van der Waals surface area contributed by atoms with Gasteiger partial charge in [0, 0.05) is 38.6 Å². The van der Waals surface area contributed by atoms with Gasteiger partial charge in [0.05, 0.1) is 12.3 Å². The fraction of sp³-hybridized carbons (Fsp3) is 0.500. The lowest BCUT2D eigenvalue weighted by Gasteiger charge is -2.19. The van der Waals surface area contributed by atoms with Gasteiger partial charge in [-0.3, -0.25) is 4.90 Å². The van der Waals surface area contributed by atoms with Crippen molar-refractivity contribution in [1.29, 1.82) is 0 Å². The number of aliphatic hydroxyl groups is 2. The van der Waals surface area contributed by atoms with Crippen molar-refractivity contribution < 1.29 is 10.2 Å². The number of aromatic nitrogens is 2. The van der Waals surface area contributed by atoms with E-state index < -0.39 is 0 Å². The molecule has 0 radical (unpaired) electrons. The number of imidazole rings is 1. The van der Waals surface area contributed by atoms with Crippen LogP contribution in [0.2, 0.25) is 0 Å². The van der Waals surface area contributed by atoms with Crippen molar-refractivity contribution in [3.63, 3.8) is 0 Å². The van der Waals surface area contributed by atoms with Crippen LogP contribution in [-0.4, -0.2) is 50.8 Å². The van der Waals surface area contributed by atoms with Crippen LogP contribution in [0.5, 0.6) is 0 Å². The van der Waals surface area contributed by atoms with Crippen molar-refractivity contribution >= 4 is 5.65 Å². The van der Waals surface area contributed by atoms with Gasteiger partial charge >= 0.3 is 0 Å². The maximum absolute atomic E-state index is 9.06. The van der Waals surface area contributed by atoms with Gasteiger partial charge in [-0.2, -0.15) is 0 Å². The molecule has 0 saturated carbocycles. The first-order valence-corrected chi connectivity index (χ1v) is 6.61. The molecular formula is C14H21N3O2. The maximum Gasteiger partial charge on any atom is 0.137 e. The number of nitrogens with zero attached hydrogens (tertiary/aromatic N) is 3. The van der Waals surface area contributed by atoms with Crippen molar-refractivity contribution in [3.8, 4) is 0 Å². The summed E-state index contributed by atoms with van der Waals surface area (Å²) in [4.78, 5) is 6.66. The van der Waals surface area contributed by atoms with Gasteiger partial charge in [-0.1, -0.05) is 6.07 Å². The second kappa shape index (κ2) is 6.65. The third-order valence-corrected chi connectivity index (χ3v) is 3.08. The Morgan fingerprint density at radius 3 is 2.74 bits per heavy atom. The molecule has 0 aliphatic heterocycles. The van der Waals surface area contributed by atoms with E-state index in [9.17, 15) is 0 Å². The van der Waals surface area contributed by atoms with Gasteiger partial charge in [-0.05, 0) is 25.0 Å². The predicted octanol–water partition coefficient (Wildman–Crippen LogP) is 0.819. The first kappa shape index (κ1) is 14.0. The van der Waals surface area contributed by atoms with Crippen LogP contribution < -0.4 is 0 Å². The van der Waals surface area contributed by atoms with Crippen LogP contribution in [0.25, 0.3) is 5.65 Å². The molecule has 0 spiro atoms. The second-order valence-electron chi connectivity index (χ2n) is 4.78. The first-order chi connectivity index (χ1) is 9.22. The standard InChI is InChI=1S/C14H21N3O2/c1-12-3-4-14-15-13(11-17(14)9-12)10-16(6-8-19)5-2-7-18/h3-4,9,11,18-19H,2,5-8,10H2,1H3. The topological polar surface area (TPSA) is 61.0 Å². The van der Waals surface area contributed by atoms with Gasteiger partial charge in [-0.15, -0.1) is 0 Å². The number of hydrogen-bond acceptors (Lipinski definition) is 4. The number of pyridine rings is 1. The smallest absolute Gasteiger partial charge is 0.137 e. The van der Waals surface area contributed by atoms with Gasteiger partial charge < -0.3 is 14.6 Å². The Labute approximate surface area is 113 Å². The molecule has 2 aromatic rings. The van der Waals surface area contributed by atoms with Gasteiger partial charge in [0.15, 0.2) is 0 Å². The van der Waals surface area contributed by atoms with Gasteiger partial charge in [0.1, 0.15) is 5.65 Å². The lowest BCUT2D eigenvalue weighted by molar-refractivity contribution is 0.173. The molecule has 0 aliphatic carbocycles. The molecule has 2 N–H and O–H groups in total. The number of aliphatic hydroxyl groups excluding tert-OH is 2. The summed E-state index contributed by atoms with van der Waals surface area (Å²) in [5.41, 5.74) is 3.12. The van der Waals surface area contributed by atoms with Crippen LogP contribution in [-0.2, 0) is 6.54 Å². The SMILES string of the molecule is Cc1ccc2nc(CN(CCO)CCCO)cn2c1. The van der Waals surface area contributed by atoms with Gasteiger partial charge in [0.25, 0.3) is 0 Å². The number of aryl methyl sites for hydroxylation is 1. The Kier molecular flexibility index (Phi) is 4.90. The Morgan fingerprint density at radius 1 is 1.16 bits per heavy atom. The molecule has 0 atom stereocenters. The largest absolute Gasteiger partial charge is 0.396 e. The number of rotatable bonds is 7. The molecule has 0 aliphatic rings. The highest BCUT2D eigenvalue weighted by Crippen LogP contribution is 2.09. The van der Waals surface area contributed by atoms with Crippen molar-refractivity contribution in [3.05, 3.63) is 35.8 Å². The maximum atomic E-state index is 9.06. The average molecular weight is 263 g/mol. The summed E-state index contributed by atoms with van der Waals surface area (Å²) in [5.74, 6) is 0. The minimum atomic E-state index is 0.123. The highest BCUT2D eigenvalue weighted by Gasteiger charge is 2.08. The third kappa shape index (κ3) is 3.76. The Balaban J connectivity index is 2.09. The molecule has 2 aromatic heterocycles. The molecule has 0 amide bonds. The lowest BCUT2D eigenvalue weighted by atomic mass is 10.3. The zero-order valence-corrected chi connectivity index (χ0v) is 11.3. The predicted molar refractivity (Wildman–Crippen MR) is 74.0 cm³/mol. The van der Waals surface area contributed by atoms with E-state index in [-0.39, 0.29) is 13.2 Å². The van der Waals surface area contributed by atoms with Crippen molar-refractivity contribution in [2.75, 3.05) is 26.3 Å². The summed E-state index contributed by atoms with van der Waals surface area (Å²) in [6.45, 7) is 4.42. The molecule has 0 fully saturated rings. The van der Waals surface area contributed by atoms with Gasteiger partial charge in [0.2, 0.25) is 0 Å². The summed E-state index contributed by atoms with van der Waals surface area (Å²) in [6.07, 6.45) is 4.79. The summed E-state index contributed by atoms with van der Waals surface area (Å²) in [5, 5.41) is 17.9. The normalized spacial score (nSPS) is 11.6. The Morgan fingerprint density at radius 2 is 2.00 bits per heavy atom. The van der Waals surface area contributed by atoms with E-state index in [2.05, 4.69) is 23.0 Å². The second-order valence-corrected chi connectivity index (χ2v) is 4.78. The first-order valence-electron chi connectivity index (χ1n) is 6.61. The third-order valence-electron chi connectivity index (χ3n) is 3.08. The average Bonchev–Trinajstić information content (AvgIpc) is 2.77. The minimum Gasteiger partial charge on any atom is -0.396 e. The lowest BCUT2D eigenvalue weighted by Crippen LogP contribution is -2.28. The molecule has 2 heterocycles. The van der Waals surface area contributed by atoms with E-state index in [1.807, 2.05) is 22.7 Å². The molecule has 5 nitrogen and oxygen atoms in total. The molecule has 0 saturated heterocycles. The molecule has 104 valence electrons. The Hall–Kier alpha value is -1.43. The number of hydrogen-bond donors (Lipinski definition) is 2. The van der Waals surface area contributed by atoms with Crippen LogP contribution in [0, 0.1) is 6.92 Å².